The summed E-state index contributed by atoms with van der Waals surface area (Å²) in [7, 11) is 0. The Balaban J connectivity index is 1.46. The zero-order valence-corrected chi connectivity index (χ0v) is 15.1. The number of amides is 3. The third kappa shape index (κ3) is 3.13. The first-order valence-electron chi connectivity index (χ1n) is 8.40. The van der Waals surface area contributed by atoms with Crippen LogP contribution in [0.5, 0.6) is 0 Å². The topological polar surface area (TPSA) is 74.3 Å². The highest BCUT2D eigenvalue weighted by atomic mass is 32.1. The Morgan fingerprint density at radius 2 is 2.15 bits per heavy atom. The lowest BCUT2D eigenvalue weighted by Crippen LogP contribution is -2.28. The zero-order valence-electron chi connectivity index (χ0n) is 14.3. The van der Waals surface area contributed by atoms with Gasteiger partial charge in [-0.15, -0.1) is 11.3 Å². The van der Waals surface area contributed by atoms with Gasteiger partial charge in [0.05, 0.1) is 16.8 Å². The van der Waals surface area contributed by atoms with Crippen molar-refractivity contribution < 1.29 is 9.59 Å². The van der Waals surface area contributed by atoms with Crippen LogP contribution < -0.4 is 15.5 Å². The third-order valence-corrected chi connectivity index (χ3v) is 5.38. The minimum atomic E-state index is -0.148. The van der Waals surface area contributed by atoms with Gasteiger partial charge in [0.2, 0.25) is 0 Å². The van der Waals surface area contributed by atoms with E-state index in [1.807, 2.05) is 43.3 Å². The molecule has 1 aliphatic rings. The van der Waals surface area contributed by atoms with E-state index in [4.69, 9.17) is 0 Å². The van der Waals surface area contributed by atoms with Crippen LogP contribution in [0.2, 0.25) is 0 Å². The lowest BCUT2D eigenvalue weighted by atomic mass is 10.1. The highest BCUT2D eigenvalue weighted by Gasteiger charge is 2.23. The second-order valence-electron chi connectivity index (χ2n) is 6.14. The van der Waals surface area contributed by atoms with Gasteiger partial charge >= 0.3 is 6.03 Å². The van der Waals surface area contributed by atoms with Gasteiger partial charge in [-0.2, -0.15) is 0 Å². The normalized spacial score (nSPS) is 13.9. The van der Waals surface area contributed by atoms with Crippen molar-refractivity contribution in [2.75, 3.05) is 18.0 Å². The molecule has 2 heterocycles. The molecule has 26 heavy (non-hydrogen) atoms. The average Bonchev–Trinajstić information content (AvgIpc) is 3.25. The predicted octanol–water partition coefficient (Wildman–Crippen LogP) is 3.06. The van der Waals surface area contributed by atoms with Gasteiger partial charge in [-0.05, 0) is 42.8 Å². The van der Waals surface area contributed by atoms with Crippen molar-refractivity contribution in [1.29, 1.82) is 0 Å². The number of benzene rings is 2. The van der Waals surface area contributed by atoms with Crippen molar-refractivity contribution in [1.82, 2.24) is 15.6 Å². The first-order valence-corrected chi connectivity index (χ1v) is 9.22. The third-order valence-electron chi connectivity index (χ3n) is 4.34. The molecule has 6 nitrogen and oxygen atoms in total. The summed E-state index contributed by atoms with van der Waals surface area (Å²) in [5.41, 5.74) is 3.26. The second-order valence-corrected chi connectivity index (χ2v) is 7.26. The van der Waals surface area contributed by atoms with Crippen molar-refractivity contribution in [2.24, 2.45) is 0 Å². The van der Waals surface area contributed by atoms with Gasteiger partial charge in [-0.25, -0.2) is 9.78 Å². The number of nitrogens with one attached hydrogen (secondary N) is 2. The number of nitrogens with zero attached hydrogens (tertiary/aromatic N) is 2. The Hall–Kier alpha value is -2.93. The molecule has 3 aromatic rings. The summed E-state index contributed by atoms with van der Waals surface area (Å²) in [4.78, 5) is 30.5. The molecule has 3 amide bonds. The molecular weight excluding hydrogens is 348 g/mol. The molecule has 2 N–H and O–H groups in total. The van der Waals surface area contributed by atoms with Crippen LogP contribution in [0.1, 0.15) is 20.9 Å². The van der Waals surface area contributed by atoms with E-state index in [1.165, 1.54) is 0 Å². The van der Waals surface area contributed by atoms with Crippen LogP contribution in [-0.2, 0) is 6.54 Å². The maximum Gasteiger partial charge on any atom is 0.322 e. The molecule has 0 bridgehead atoms. The van der Waals surface area contributed by atoms with Crippen LogP contribution >= 0.6 is 11.3 Å². The molecule has 0 aliphatic carbocycles. The molecule has 0 radical (unpaired) electrons. The molecule has 1 aromatic heterocycles. The molecule has 1 aliphatic heterocycles. The van der Waals surface area contributed by atoms with Crippen LogP contribution in [0.25, 0.3) is 10.2 Å². The highest BCUT2D eigenvalue weighted by molar-refractivity contribution is 7.18. The van der Waals surface area contributed by atoms with Gasteiger partial charge in [0.15, 0.2) is 0 Å². The van der Waals surface area contributed by atoms with Crippen molar-refractivity contribution >= 4 is 39.2 Å². The molecular formula is C19H18N4O2S. The highest BCUT2D eigenvalue weighted by Crippen LogP contribution is 2.24. The SMILES string of the molecule is Cc1cc(C(=O)NCc2nc3ccccc3s2)ccc1N1CCNC1=O. The summed E-state index contributed by atoms with van der Waals surface area (Å²) in [5.74, 6) is -0.148. The Morgan fingerprint density at radius 1 is 1.31 bits per heavy atom. The number of hydrogen-bond donors (Lipinski definition) is 2. The molecule has 1 fully saturated rings. The van der Waals surface area contributed by atoms with Crippen LogP contribution in [0.4, 0.5) is 10.5 Å². The molecule has 0 atom stereocenters. The lowest BCUT2D eigenvalue weighted by Gasteiger charge is -2.17. The van der Waals surface area contributed by atoms with Gasteiger partial charge in [-0.1, -0.05) is 12.1 Å². The van der Waals surface area contributed by atoms with E-state index in [9.17, 15) is 9.59 Å². The number of aromatic nitrogens is 1. The fourth-order valence-corrected chi connectivity index (χ4v) is 3.96. The quantitative estimate of drug-likeness (QED) is 0.745. The molecule has 0 saturated carbocycles. The number of thiazole rings is 1. The average molecular weight is 366 g/mol. The molecule has 0 spiro atoms. The van der Waals surface area contributed by atoms with Crippen LogP contribution in [-0.4, -0.2) is 30.0 Å². The van der Waals surface area contributed by atoms with Gasteiger partial charge in [-0.3, -0.25) is 9.69 Å². The van der Waals surface area contributed by atoms with Crippen molar-refractivity contribution in [3.8, 4) is 0 Å². The molecule has 0 unspecified atom stereocenters. The Labute approximate surface area is 154 Å². The maximum atomic E-state index is 12.5. The Morgan fingerprint density at radius 3 is 2.88 bits per heavy atom. The number of rotatable bonds is 4. The van der Waals surface area contributed by atoms with E-state index in [0.717, 1.165) is 26.5 Å². The van der Waals surface area contributed by atoms with Gasteiger partial charge < -0.3 is 10.6 Å². The molecule has 132 valence electrons. The summed E-state index contributed by atoms with van der Waals surface area (Å²) >= 11 is 1.58. The molecule has 2 aromatic carbocycles. The van der Waals surface area contributed by atoms with Gasteiger partial charge in [0.1, 0.15) is 5.01 Å². The number of fused-ring (bicyclic) bond motifs is 1. The minimum Gasteiger partial charge on any atom is -0.346 e. The van der Waals surface area contributed by atoms with E-state index < -0.39 is 0 Å². The number of urea groups is 1. The summed E-state index contributed by atoms with van der Waals surface area (Å²) in [5, 5.41) is 6.58. The maximum absolute atomic E-state index is 12.5. The van der Waals surface area contributed by atoms with Gasteiger partial charge in [0, 0.05) is 24.3 Å². The first kappa shape index (κ1) is 16.5. The van der Waals surface area contributed by atoms with Crippen LogP contribution in [0, 0.1) is 6.92 Å². The summed E-state index contributed by atoms with van der Waals surface area (Å²) in [6, 6.07) is 13.2. The fourth-order valence-electron chi connectivity index (χ4n) is 3.05. The summed E-state index contributed by atoms with van der Waals surface area (Å²) in [6.07, 6.45) is 0. The fraction of sp³-hybridized carbons (Fsp3) is 0.211. The summed E-state index contributed by atoms with van der Waals surface area (Å²) < 4.78 is 1.11. The minimum absolute atomic E-state index is 0.0962. The van der Waals surface area contributed by atoms with E-state index in [2.05, 4.69) is 15.6 Å². The standard InChI is InChI=1S/C19H18N4O2S/c1-12-10-13(6-7-15(12)23-9-8-20-19(23)25)18(24)21-11-17-22-14-4-2-3-5-16(14)26-17/h2-7,10H,8-9,11H2,1H3,(H,20,25)(H,21,24). The lowest BCUT2D eigenvalue weighted by molar-refractivity contribution is 0.0951. The largest absolute Gasteiger partial charge is 0.346 e. The number of carbonyl (C=O) groups excluding carboxylic acids is 2. The number of carbonyl (C=O) groups is 2. The first-order chi connectivity index (χ1) is 12.6. The Bertz CT molecular complexity index is 965. The van der Waals surface area contributed by atoms with Crippen LogP contribution in [0.3, 0.4) is 0 Å². The Kier molecular flexibility index (Phi) is 4.30. The van der Waals surface area contributed by atoms with Crippen molar-refractivity contribution in [3.05, 3.63) is 58.6 Å². The van der Waals surface area contributed by atoms with Crippen molar-refractivity contribution in [2.45, 2.75) is 13.5 Å². The molecule has 4 rings (SSSR count). The van der Waals surface area contributed by atoms with Crippen LogP contribution in [0.15, 0.2) is 42.5 Å². The van der Waals surface area contributed by atoms with E-state index in [-0.39, 0.29) is 11.9 Å². The zero-order chi connectivity index (χ0) is 18.1. The van der Waals surface area contributed by atoms with Gasteiger partial charge in [0.25, 0.3) is 5.91 Å². The number of para-hydroxylation sites is 1. The van der Waals surface area contributed by atoms with E-state index >= 15 is 0 Å². The second kappa shape index (κ2) is 6.76. The molecule has 1 saturated heterocycles. The number of hydrogen-bond acceptors (Lipinski definition) is 4. The van der Waals surface area contributed by atoms with E-state index in [1.54, 1.807) is 22.3 Å². The smallest absolute Gasteiger partial charge is 0.322 e. The number of aryl methyl sites for hydroxylation is 1. The summed E-state index contributed by atoms with van der Waals surface area (Å²) in [6.45, 7) is 3.59. The predicted molar refractivity (Wildman–Crippen MR) is 103 cm³/mol. The van der Waals surface area contributed by atoms with Crippen molar-refractivity contribution in [3.63, 3.8) is 0 Å². The van der Waals surface area contributed by atoms with E-state index in [0.29, 0.717) is 25.2 Å². The molecule has 7 heteroatoms. The number of anilines is 1. The monoisotopic (exact) mass is 366 g/mol.